The molecule has 5 heteroatoms. The van der Waals surface area contributed by atoms with Crippen LogP contribution < -0.4 is 10.2 Å². The highest BCUT2D eigenvalue weighted by atomic mass is 16.2. The molecule has 1 amide bonds. The number of hydrogen-bond donors (Lipinski definition) is 2. The van der Waals surface area contributed by atoms with E-state index in [1.54, 1.807) is 0 Å². The number of amides is 1. The van der Waals surface area contributed by atoms with Crippen molar-refractivity contribution in [3.05, 3.63) is 11.4 Å². The second kappa shape index (κ2) is 3.84. The molecule has 1 saturated heterocycles. The van der Waals surface area contributed by atoms with Crippen LogP contribution in [0.15, 0.2) is 0 Å². The highest BCUT2D eigenvalue weighted by molar-refractivity contribution is 6.00. The Morgan fingerprint density at radius 1 is 1.35 bits per heavy atom. The lowest BCUT2D eigenvalue weighted by molar-refractivity contribution is -0.118. The van der Waals surface area contributed by atoms with E-state index in [0.29, 0.717) is 6.04 Å². The van der Waals surface area contributed by atoms with E-state index in [0.717, 1.165) is 30.0 Å². The lowest BCUT2D eigenvalue weighted by Gasteiger charge is -2.17. The number of aryl methyl sites for hydroxylation is 2. The number of H-pyrrole nitrogens is 1. The van der Waals surface area contributed by atoms with Gasteiger partial charge < -0.3 is 10.2 Å². The summed E-state index contributed by atoms with van der Waals surface area (Å²) in [6, 6.07) is 0.589. The van der Waals surface area contributed by atoms with Gasteiger partial charge in [-0.1, -0.05) is 0 Å². The maximum absolute atomic E-state index is 12.3. The standard InChI is InChI=1S/C12H18N4O/c1-7-11(8(2)15-14-7)16-6-5-10(12(16)17)13-9-3-4-9/h9-10,13H,3-6H2,1-2H3,(H,14,15). The monoisotopic (exact) mass is 234 g/mol. The van der Waals surface area contributed by atoms with E-state index in [1.807, 2.05) is 18.7 Å². The minimum absolute atomic E-state index is 0.0104. The van der Waals surface area contributed by atoms with E-state index in [9.17, 15) is 4.79 Å². The largest absolute Gasteiger partial charge is 0.308 e. The van der Waals surface area contributed by atoms with Crippen molar-refractivity contribution in [1.82, 2.24) is 15.5 Å². The highest BCUT2D eigenvalue weighted by Crippen LogP contribution is 2.28. The molecule has 3 rings (SSSR count). The van der Waals surface area contributed by atoms with Crippen LogP contribution in [0, 0.1) is 13.8 Å². The quantitative estimate of drug-likeness (QED) is 0.816. The molecule has 1 atom stereocenters. The Morgan fingerprint density at radius 3 is 2.71 bits per heavy atom. The third-order valence-corrected chi connectivity index (χ3v) is 3.58. The summed E-state index contributed by atoms with van der Waals surface area (Å²) in [4.78, 5) is 14.2. The molecule has 92 valence electrons. The molecular weight excluding hydrogens is 216 g/mol. The Morgan fingerprint density at radius 2 is 2.12 bits per heavy atom. The van der Waals surface area contributed by atoms with Crippen molar-refractivity contribution in [2.24, 2.45) is 0 Å². The number of aromatic amines is 1. The summed E-state index contributed by atoms with van der Waals surface area (Å²) in [5.74, 6) is 0.199. The fourth-order valence-corrected chi connectivity index (χ4v) is 2.53. The molecule has 0 spiro atoms. The first-order valence-electron chi connectivity index (χ1n) is 6.26. The van der Waals surface area contributed by atoms with Crippen molar-refractivity contribution in [2.45, 2.75) is 45.2 Å². The fourth-order valence-electron chi connectivity index (χ4n) is 2.53. The van der Waals surface area contributed by atoms with Gasteiger partial charge in [-0.15, -0.1) is 0 Å². The van der Waals surface area contributed by atoms with Gasteiger partial charge in [-0.2, -0.15) is 5.10 Å². The lowest BCUT2D eigenvalue weighted by atomic mass is 10.2. The van der Waals surface area contributed by atoms with Crippen molar-refractivity contribution in [3.63, 3.8) is 0 Å². The molecule has 0 aromatic carbocycles. The number of carbonyl (C=O) groups is 1. The number of nitrogens with zero attached hydrogens (tertiary/aromatic N) is 2. The van der Waals surface area contributed by atoms with Crippen molar-refractivity contribution in [1.29, 1.82) is 0 Å². The zero-order chi connectivity index (χ0) is 12.0. The van der Waals surface area contributed by atoms with Gasteiger partial charge >= 0.3 is 0 Å². The molecule has 1 unspecified atom stereocenters. The number of aromatic nitrogens is 2. The van der Waals surface area contributed by atoms with Gasteiger partial charge in [0.15, 0.2) is 0 Å². The lowest BCUT2D eigenvalue weighted by Crippen LogP contribution is -2.39. The average molecular weight is 234 g/mol. The minimum Gasteiger partial charge on any atom is -0.308 e. The molecule has 1 aliphatic carbocycles. The number of hydrogen-bond acceptors (Lipinski definition) is 3. The molecule has 17 heavy (non-hydrogen) atoms. The molecule has 5 nitrogen and oxygen atoms in total. The summed E-state index contributed by atoms with van der Waals surface area (Å²) in [7, 11) is 0. The Balaban J connectivity index is 1.79. The van der Waals surface area contributed by atoms with E-state index in [1.165, 1.54) is 12.8 Å². The molecule has 2 fully saturated rings. The van der Waals surface area contributed by atoms with E-state index in [-0.39, 0.29) is 11.9 Å². The molecule has 0 radical (unpaired) electrons. The molecule has 2 heterocycles. The van der Waals surface area contributed by atoms with Crippen LogP contribution in [0.5, 0.6) is 0 Å². The smallest absolute Gasteiger partial charge is 0.244 e. The van der Waals surface area contributed by atoms with Gasteiger partial charge in [0.25, 0.3) is 0 Å². The molecule has 1 aromatic rings. The summed E-state index contributed by atoms with van der Waals surface area (Å²) in [5.41, 5.74) is 2.85. The SMILES string of the molecule is Cc1n[nH]c(C)c1N1CCC(NC2CC2)C1=O. The zero-order valence-corrected chi connectivity index (χ0v) is 10.3. The Labute approximate surface area is 101 Å². The van der Waals surface area contributed by atoms with Gasteiger partial charge in [-0.3, -0.25) is 9.89 Å². The Bertz CT molecular complexity index is 430. The van der Waals surface area contributed by atoms with Gasteiger partial charge in [-0.25, -0.2) is 0 Å². The summed E-state index contributed by atoms with van der Waals surface area (Å²) in [5, 5.41) is 10.5. The van der Waals surface area contributed by atoms with Crippen LogP contribution in [0.4, 0.5) is 5.69 Å². The van der Waals surface area contributed by atoms with Crippen LogP contribution >= 0.6 is 0 Å². The molecule has 1 saturated carbocycles. The normalized spacial score (nSPS) is 24.7. The van der Waals surface area contributed by atoms with Crippen LogP contribution in [0.3, 0.4) is 0 Å². The first-order valence-corrected chi connectivity index (χ1v) is 6.26. The second-order valence-corrected chi connectivity index (χ2v) is 5.05. The minimum atomic E-state index is 0.0104. The summed E-state index contributed by atoms with van der Waals surface area (Å²) >= 11 is 0. The third kappa shape index (κ3) is 1.84. The first-order chi connectivity index (χ1) is 8.16. The molecule has 2 aliphatic rings. The molecule has 1 aromatic heterocycles. The van der Waals surface area contributed by atoms with Crippen molar-refractivity contribution in [2.75, 3.05) is 11.4 Å². The predicted octanol–water partition coefficient (Wildman–Crippen LogP) is 0.884. The van der Waals surface area contributed by atoms with Gasteiger partial charge in [-0.05, 0) is 33.1 Å². The number of nitrogens with one attached hydrogen (secondary N) is 2. The summed E-state index contributed by atoms with van der Waals surface area (Å²) in [6.45, 7) is 4.70. The van der Waals surface area contributed by atoms with E-state index in [2.05, 4.69) is 15.5 Å². The van der Waals surface area contributed by atoms with E-state index >= 15 is 0 Å². The molecular formula is C12H18N4O. The topological polar surface area (TPSA) is 61.0 Å². The van der Waals surface area contributed by atoms with Crippen molar-refractivity contribution < 1.29 is 4.79 Å². The van der Waals surface area contributed by atoms with Crippen molar-refractivity contribution in [3.8, 4) is 0 Å². The predicted molar refractivity (Wildman–Crippen MR) is 65.0 cm³/mol. The van der Waals surface area contributed by atoms with Gasteiger partial charge in [0.1, 0.15) is 0 Å². The zero-order valence-electron chi connectivity index (χ0n) is 10.3. The maximum Gasteiger partial charge on any atom is 0.244 e. The Kier molecular flexibility index (Phi) is 2.43. The summed E-state index contributed by atoms with van der Waals surface area (Å²) < 4.78 is 0. The second-order valence-electron chi connectivity index (χ2n) is 5.05. The first kappa shape index (κ1) is 10.8. The van der Waals surface area contributed by atoms with Crippen molar-refractivity contribution >= 4 is 11.6 Å². The molecule has 2 N–H and O–H groups in total. The average Bonchev–Trinajstić information content (AvgIpc) is 2.98. The van der Waals surface area contributed by atoms with E-state index < -0.39 is 0 Å². The van der Waals surface area contributed by atoms with Crippen LogP contribution in [-0.2, 0) is 4.79 Å². The van der Waals surface area contributed by atoms with Crippen LogP contribution in [0.1, 0.15) is 30.7 Å². The van der Waals surface area contributed by atoms with Crippen LogP contribution in [0.25, 0.3) is 0 Å². The number of carbonyl (C=O) groups excluding carboxylic acids is 1. The summed E-state index contributed by atoms with van der Waals surface area (Å²) in [6.07, 6.45) is 3.33. The molecule has 0 bridgehead atoms. The number of anilines is 1. The van der Waals surface area contributed by atoms with Gasteiger partial charge in [0.05, 0.1) is 23.1 Å². The van der Waals surface area contributed by atoms with E-state index in [4.69, 9.17) is 0 Å². The Hall–Kier alpha value is -1.36. The molecule has 1 aliphatic heterocycles. The van der Waals surface area contributed by atoms with Gasteiger partial charge in [0.2, 0.25) is 5.91 Å². The maximum atomic E-state index is 12.3. The highest BCUT2D eigenvalue weighted by Gasteiger charge is 2.37. The van der Waals surface area contributed by atoms with Crippen LogP contribution in [0.2, 0.25) is 0 Å². The van der Waals surface area contributed by atoms with Gasteiger partial charge in [0, 0.05) is 12.6 Å². The fraction of sp³-hybridized carbons (Fsp3) is 0.667. The number of rotatable bonds is 3. The third-order valence-electron chi connectivity index (χ3n) is 3.58. The van der Waals surface area contributed by atoms with Crippen LogP contribution in [-0.4, -0.2) is 34.7 Å².